The monoisotopic (exact) mass is 315 g/mol. The highest BCUT2D eigenvalue weighted by atomic mass is 35.5. The number of nitrogens with two attached hydrogens (primary N) is 1. The van der Waals surface area contributed by atoms with E-state index in [2.05, 4.69) is 0 Å². The third-order valence-electron chi connectivity index (χ3n) is 2.69. The molecule has 0 unspecified atom stereocenters. The van der Waals surface area contributed by atoms with E-state index in [0.29, 0.717) is 34.0 Å². The Morgan fingerprint density at radius 1 is 0.947 bits per heavy atom. The molecule has 5 heteroatoms. The minimum atomic E-state index is 0.312. The van der Waals surface area contributed by atoms with Crippen molar-refractivity contribution in [1.82, 2.24) is 0 Å². The molecule has 2 aromatic rings. The van der Waals surface area contributed by atoms with Gasteiger partial charge in [-0.1, -0.05) is 53.0 Å². The van der Waals surface area contributed by atoms with Crippen molar-refractivity contribution in [1.29, 1.82) is 0 Å². The van der Waals surface area contributed by atoms with E-state index >= 15 is 0 Å². The third-order valence-corrected chi connectivity index (χ3v) is 3.91. The predicted molar refractivity (Wildman–Crippen MR) is 80.1 cm³/mol. The molecule has 0 aliphatic carbocycles. The zero-order valence-corrected chi connectivity index (χ0v) is 12.3. The van der Waals surface area contributed by atoms with Crippen LogP contribution in [0.4, 0.5) is 0 Å². The molecule has 0 fully saturated rings. The third kappa shape index (κ3) is 3.34. The first kappa shape index (κ1) is 14.5. The van der Waals surface area contributed by atoms with Gasteiger partial charge < -0.3 is 10.5 Å². The topological polar surface area (TPSA) is 35.2 Å². The van der Waals surface area contributed by atoms with E-state index in [1.807, 2.05) is 24.3 Å². The molecule has 0 bridgehead atoms. The standard InChI is InChI=1S/C14H12Cl3NO/c15-11-4-2-6-13(10(11)7-18)19-8-9-3-1-5-12(16)14(9)17/h1-6H,7-8,18H2. The van der Waals surface area contributed by atoms with Gasteiger partial charge in [0.15, 0.2) is 0 Å². The van der Waals surface area contributed by atoms with Crippen molar-refractivity contribution >= 4 is 34.8 Å². The number of hydrogen-bond donors (Lipinski definition) is 1. The van der Waals surface area contributed by atoms with Gasteiger partial charge in [0.25, 0.3) is 0 Å². The Balaban J connectivity index is 2.19. The highest BCUT2D eigenvalue weighted by Crippen LogP contribution is 2.29. The van der Waals surface area contributed by atoms with Crippen LogP contribution < -0.4 is 10.5 Å². The van der Waals surface area contributed by atoms with Crippen molar-refractivity contribution < 1.29 is 4.74 Å². The van der Waals surface area contributed by atoms with Gasteiger partial charge in [-0.15, -0.1) is 0 Å². The van der Waals surface area contributed by atoms with Crippen LogP contribution in [0.5, 0.6) is 5.75 Å². The number of rotatable bonds is 4. The average molecular weight is 317 g/mol. The molecule has 0 aliphatic rings. The maximum atomic E-state index is 6.10. The fraction of sp³-hybridized carbons (Fsp3) is 0.143. The quantitative estimate of drug-likeness (QED) is 0.888. The maximum absolute atomic E-state index is 6.10. The molecule has 2 N–H and O–H groups in total. The SMILES string of the molecule is NCc1c(Cl)cccc1OCc1cccc(Cl)c1Cl. The van der Waals surface area contributed by atoms with Crippen LogP contribution in [0, 0.1) is 0 Å². The summed E-state index contributed by atoms with van der Waals surface area (Å²) >= 11 is 18.1. The normalized spacial score (nSPS) is 10.5. The molecule has 19 heavy (non-hydrogen) atoms. The highest BCUT2D eigenvalue weighted by molar-refractivity contribution is 6.42. The summed E-state index contributed by atoms with van der Waals surface area (Å²) in [5, 5.41) is 1.60. The molecule has 2 rings (SSSR count). The number of hydrogen-bond acceptors (Lipinski definition) is 2. The fourth-order valence-electron chi connectivity index (χ4n) is 1.69. The summed E-state index contributed by atoms with van der Waals surface area (Å²) in [6.07, 6.45) is 0. The van der Waals surface area contributed by atoms with Gasteiger partial charge in [0.05, 0.1) is 10.0 Å². The van der Waals surface area contributed by atoms with Crippen molar-refractivity contribution in [2.75, 3.05) is 0 Å². The lowest BCUT2D eigenvalue weighted by Crippen LogP contribution is -2.03. The Bertz CT molecular complexity index is 587. The Labute approximate surface area is 127 Å². The molecule has 100 valence electrons. The first-order valence-electron chi connectivity index (χ1n) is 5.66. The number of ether oxygens (including phenoxy) is 1. The molecular formula is C14H12Cl3NO. The summed E-state index contributed by atoms with van der Waals surface area (Å²) < 4.78 is 5.72. The molecular weight excluding hydrogens is 305 g/mol. The van der Waals surface area contributed by atoms with Crippen LogP contribution in [0.1, 0.15) is 11.1 Å². The first-order chi connectivity index (χ1) is 9.13. The predicted octanol–water partition coefficient (Wildman–Crippen LogP) is 4.68. The van der Waals surface area contributed by atoms with Crippen molar-refractivity contribution in [3.05, 3.63) is 62.6 Å². The Morgan fingerprint density at radius 2 is 1.63 bits per heavy atom. The lowest BCUT2D eigenvalue weighted by Gasteiger charge is -2.12. The van der Waals surface area contributed by atoms with Crippen LogP contribution in [0.3, 0.4) is 0 Å². The Kier molecular flexibility index (Phi) is 4.94. The minimum Gasteiger partial charge on any atom is -0.488 e. The summed E-state index contributed by atoms with van der Waals surface area (Å²) in [6.45, 7) is 0.630. The van der Waals surface area contributed by atoms with Crippen LogP contribution in [0.2, 0.25) is 15.1 Å². The summed E-state index contributed by atoms with van der Waals surface area (Å²) in [6, 6.07) is 10.8. The summed E-state index contributed by atoms with van der Waals surface area (Å²) in [4.78, 5) is 0. The molecule has 0 radical (unpaired) electrons. The number of halogens is 3. The van der Waals surface area contributed by atoms with E-state index in [1.54, 1.807) is 12.1 Å². The van der Waals surface area contributed by atoms with Gasteiger partial charge in [0, 0.05) is 22.7 Å². The van der Waals surface area contributed by atoms with E-state index in [-0.39, 0.29) is 0 Å². The second-order valence-corrected chi connectivity index (χ2v) is 5.11. The van der Waals surface area contributed by atoms with Crippen LogP contribution in [0.25, 0.3) is 0 Å². The van der Waals surface area contributed by atoms with E-state index in [4.69, 9.17) is 45.3 Å². The van der Waals surface area contributed by atoms with Crippen molar-refractivity contribution in [3.8, 4) is 5.75 Å². The Hall–Kier alpha value is -0.930. The fourth-order valence-corrected chi connectivity index (χ4v) is 2.31. The molecule has 2 aromatic carbocycles. The average Bonchev–Trinajstić information content (AvgIpc) is 2.40. The summed E-state index contributed by atoms with van der Waals surface area (Å²) in [5.41, 5.74) is 7.26. The molecule has 0 aliphatic heterocycles. The van der Waals surface area contributed by atoms with Gasteiger partial charge in [0.1, 0.15) is 12.4 Å². The van der Waals surface area contributed by atoms with Crippen molar-refractivity contribution in [3.63, 3.8) is 0 Å². The van der Waals surface area contributed by atoms with E-state index in [0.717, 1.165) is 11.1 Å². The molecule has 2 nitrogen and oxygen atoms in total. The van der Waals surface area contributed by atoms with E-state index < -0.39 is 0 Å². The van der Waals surface area contributed by atoms with Crippen LogP contribution in [0.15, 0.2) is 36.4 Å². The van der Waals surface area contributed by atoms with Gasteiger partial charge in [-0.25, -0.2) is 0 Å². The van der Waals surface area contributed by atoms with Crippen LogP contribution >= 0.6 is 34.8 Å². The van der Waals surface area contributed by atoms with Crippen molar-refractivity contribution in [2.24, 2.45) is 5.73 Å². The lowest BCUT2D eigenvalue weighted by molar-refractivity contribution is 0.303. The largest absolute Gasteiger partial charge is 0.488 e. The second-order valence-electron chi connectivity index (χ2n) is 3.92. The van der Waals surface area contributed by atoms with E-state index in [1.165, 1.54) is 0 Å². The molecule has 0 spiro atoms. The minimum absolute atomic E-state index is 0.312. The van der Waals surface area contributed by atoms with Gasteiger partial charge in [-0.05, 0) is 18.2 Å². The number of benzene rings is 2. The van der Waals surface area contributed by atoms with Gasteiger partial charge >= 0.3 is 0 Å². The first-order valence-corrected chi connectivity index (χ1v) is 6.80. The molecule has 0 saturated carbocycles. The van der Waals surface area contributed by atoms with Crippen LogP contribution in [-0.2, 0) is 13.2 Å². The van der Waals surface area contributed by atoms with E-state index in [9.17, 15) is 0 Å². The molecule has 0 amide bonds. The Morgan fingerprint density at radius 3 is 2.37 bits per heavy atom. The van der Waals surface area contributed by atoms with Crippen LogP contribution in [-0.4, -0.2) is 0 Å². The zero-order valence-electron chi connectivity index (χ0n) is 10.00. The smallest absolute Gasteiger partial charge is 0.125 e. The molecule has 0 atom stereocenters. The highest BCUT2D eigenvalue weighted by Gasteiger charge is 2.09. The van der Waals surface area contributed by atoms with Gasteiger partial charge in [-0.2, -0.15) is 0 Å². The van der Waals surface area contributed by atoms with Gasteiger partial charge in [0.2, 0.25) is 0 Å². The maximum Gasteiger partial charge on any atom is 0.125 e. The molecule has 0 saturated heterocycles. The zero-order chi connectivity index (χ0) is 13.8. The molecule has 0 heterocycles. The molecule has 0 aromatic heterocycles. The van der Waals surface area contributed by atoms with Crippen molar-refractivity contribution in [2.45, 2.75) is 13.2 Å². The second kappa shape index (κ2) is 6.49. The summed E-state index contributed by atoms with van der Waals surface area (Å²) in [5.74, 6) is 0.658. The van der Waals surface area contributed by atoms with Gasteiger partial charge in [-0.3, -0.25) is 0 Å². The lowest BCUT2D eigenvalue weighted by atomic mass is 10.2. The summed E-state index contributed by atoms with van der Waals surface area (Å²) in [7, 11) is 0.